The number of ether oxygens (including phenoxy) is 2. The van der Waals surface area contributed by atoms with Crippen molar-refractivity contribution in [2.45, 2.75) is 124 Å². The maximum absolute atomic E-state index is 12.3. The van der Waals surface area contributed by atoms with Gasteiger partial charge >= 0.3 is 11.9 Å². The molecule has 0 amide bonds. The average molecular weight is 479 g/mol. The van der Waals surface area contributed by atoms with E-state index in [1.807, 2.05) is 23.5 Å². The van der Waals surface area contributed by atoms with Crippen LogP contribution in [0.1, 0.15) is 91.9 Å². The summed E-state index contributed by atoms with van der Waals surface area (Å²) >= 11 is 4.08. The van der Waals surface area contributed by atoms with Gasteiger partial charge in [-0.05, 0) is 25.7 Å². The molecular formula is C26H38O4S2. The molecular weight excluding hydrogens is 440 g/mol. The Balaban J connectivity index is 1.77. The van der Waals surface area contributed by atoms with Crippen LogP contribution < -0.4 is 0 Å². The molecule has 0 unspecified atom stereocenters. The summed E-state index contributed by atoms with van der Waals surface area (Å²) in [5.74, 6) is 7.13. The van der Waals surface area contributed by atoms with Crippen LogP contribution in [-0.2, 0) is 19.1 Å². The number of hydrogen-bond acceptors (Lipinski definition) is 6. The zero-order valence-electron chi connectivity index (χ0n) is 20.0. The van der Waals surface area contributed by atoms with Gasteiger partial charge in [0.2, 0.25) is 0 Å². The molecule has 6 heteroatoms. The second-order valence-corrected chi connectivity index (χ2v) is 13.7. The lowest BCUT2D eigenvalue weighted by atomic mass is 9.71. The van der Waals surface area contributed by atoms with Crippen molar-refractivity contribution >= 4 is 35.5 Å². The molecule has 0 bridgehead atoms. The van der Waals surface area contributed by atoms with Gasteiger partial charge in [-0.15, -0.1) is 0 Å². The zero-order chi connectivity index (χ0) is 22.9. The monoisotopic (exact) mass is 478 g/mol. The minimum Gasteiger partial charge on any atom is -0.446 e. The summed E-state index contributed by atoms with van der Waals surface area (Å²) in [5, 5.41) is 1.73. The highest BCUT2D eigenvalue weighted by Crippen LogP contribution is 2.52. The van der Waals surface area contributed by atoms with Gasteiger partial charge in [0.25, 0.3) is 0 Å². The standard InChI is InChI=1S/C26H38O4S2/c1-17-15-25(29-19(3)27,21-9-5-7-11-23(21)31-17)13-14-26(30-20(4)28)16-18(2)32-24-12-8-6-10-22(24)26/h17-18,21-24H,5-12,15-16H2,1-4H3/t17-,18-,21-,22+,23+,24+,25-,26+/m0/s1. The Labute approximate surface area is 202 Å². The van der Waals surface area contributed by atoms with E-state index >= 15 is 0 Å². The number of thioether (sulfide) groups is 2. The van der Waals surface area contributed by atoms with Gasteiger partial charge in [0, 0.05) is 59.5 Å². The van der Waals surface area contributed by atoms with Crippen molar-refractivity contribution < 1.29 is 19.1 Å². The first-order valence-electron chi connectivity index (χ1n) is 12.5. The van der Waals surface area contributed by atoms with Crippen LogP contribution in [-0.4, -0.2) is 44.1 Å². The summed E-state index contributed by atoms with van der Waals surface area (Å²) in [7, 11) is 0. The Kier molecular flexibility index (Phi) is 7.47. The Morgan fingerprint density at radius 1 is 0.719 bits per heavy atom. The molecule has 8 atom stereocenters. The first-order valence-corrected chi connectivity index (χ1v) is 14.4. The smallest absolute Gasteiger partial charge is 0.304 e. The van der Waals surface area contributed by atoms with Gasteiger partial charge in [0.1, 0.15) is 0 Å². The molecule has 0 aromatic rings. The summed E-state index contributed by atoms with van der Waals surface area (Å²) in [4.78, 5) is 24.6. The summed E-state index contributed by atoms with van der Waals surface area (Å²) in [5.41, 5.74) is -1.54. The topological polar surface area (TPSA) is 52.6 Å². The van der Waals surface area contributed by atoms with Gasteiger partial charge in [0.15, 0.2) is 11.2 Å². The third-order valence-corrected chi connectivity index (χ3v) is 10.8. The quantitative estimate of drug-likeness (QED) is 0.371. The van der Waals surface area contributed by atoms with Crippen LogP contribution in [0, 0.1) is 23.7 Å². The number of hydrogen-bond donors (Lipinski definition) is 0. The van der Waals surface area contributed by atoms with Crippen LogP contribution in [0.2, 0.25) is 0 Å². The SMILES string of the molecule is CC(=O)O[C@]1(C#C[C@]2(OC(C)=O)C[C@H](C)S[C@@H]3CCCC[C@@H]32)C[C@H](C)S[C@@H]2CCCC[C@H]21. The van der Waals surface area contributed by atoms with E-state index in [1.54, 1.807) is 0 Å². The van der Waals surface area contributed by atoms with Crippen molar-refractivity contribution in [2.75, 3.05) is 0 Å². The molecule has 2 saturated carbocycles. The van der Waals surface area contributed by atoms with Gasteiger partial charge in [-0.25, -0.2) is 0 Å². The van der Waals surface area contributed by atoms with E-state index in [2.05, 4.69) is 25.7 Å². The van der Waals surface area contributed by atoms with Crippen LogP contribution in [0.4, 0.5) is 0 Å². The predicted molar refractivity (Wildman–Crippen MR) is 132 cm³/mol. The van der Waals surface area contributed by atoms with E-state index in [9.17, 15) is 9.59 Å². The first-order chi connectivity index (χ1) is 15.2. The summed E-state index contributed by atoms with van der Waals surface area (Å²) in [6.45, 7) is 7.47. The fraction of sp³-hybridized carbons (Fsp3) is 0.846. The van der Waals surface area contributed by atoms with E-state index in [4.69, 9.17) is 9.47 Å². The van der Waals surface area contributed by atoms with E-state index in [0.717, 1.165) is 51.4 Å². The van der Waals surface area contributed by atoms with Gasteiger partial charge in [-0.3, -0.25) is 9.59 Å². The lowest BCUT2D eigenvalue weighted by Gasteiger charge is -2.50. The van der Waals surface area contributed by atoms with E-state index < -0.39 is 11.2 Å². The van der Waals surface area contributed by atoms with Crippen LogP contribution >= 0.6 is 23.5 Å². The third-order valence-electron chi connectivity index (χ3n) is 7.74. The highest BCUT2D eigenvalue weighted by molar-refractivity contribution is 8.00. The molecule has 4 rings (SSSR count). The normalized spacial score (nSPS) is 43.6. The van der Waals surface area contributed by atoms with Crippen LogP contribution in [0.3, 0.4) is 0 Å². The van der Waals surface area contributed by atoms with E-state index in [-0.39, 0.29) is 23.8 Å². The molecule has 178 valence electrons. The number of carbonyl (C=O) groups is 2. The zero-order valence-corrected chi connectivity index (χ0v) is 21.6. The van der Waals surface area contributed by atoms with Gasteiger partial charge in [-0.1, -0.05) is 51.4 Å². The Morgan fingerprint density at radius 3 is 1.47 bits per heavy atom. The van der Waals surface area contributed by atoms with Crippen molar-refractivity contribution in [2.24, 2.45) is 11.8 Å². The number of esters is 2. The molecule has 2 heterocycles. The molecule has 4 nitrogen and oxygen atoms in total. The van der Waals surface area contributed by atoms with Crippen LogP contribution in [0.15, 0.2) is 0 Å². The van der Waals surface area contributed by atoms with E-state index in [0.29, 0.717) is 21.0 Å². The third kappa shape index (κ3) is 4.99. The predicted octanol–water partition coefficient (Wildman–Crippen LogP) is 5.76. The molecule has 0 aromatic carbocycles. The van der Waals surface area contributed by atoms with Crippen LogP contribution in [0.5, 0.6) is 0 Å². The molecule has 0 spiro atoms. The van der Waals surface area contributed by atoms with E-state index in [1.165, 1.54) is 26.7 Å². The molecule has 2 aliphatic carbocycles. The largest absolute Gasteiger partial charge is 0.446 e. The highest BCUT2D eigenvalue weighted by atomic mass is 32.2. The van der Waals surface area contributed by atoms with Crippen molar-refractivity contribution in [3.63, 3.8) is 0 Å². The maximum atomic E-state index is 12.3. The number of carbonyl (C=O) groups excluding carboxylic acids is 2. The summed E-state index contributed by atoms with van der Waals surface area (Å²) in [6.07, 6.45) is 10.7. The minimum absolute atomic E-state index is 0.251. The number of fused-ring (bicyclic) bond motifs is 2. The molecule has 0 radical (unpaired) electrons. The second-order valence-electron chi connectivity index (χ2n) is 10.4. The Morgan fingerprint density at radius 2 is 1.09 bits per heavy atom. The van der Waals surface area contributed by atoms with Crippen molar-refractivity contribution in [1.29, 1.82) is 0 Å². The molecule has 0 aromatic heterocycles. The molecule has 2 saturated heterocycles. The lowest BCUT2D eigenvalue weighted by Crippen LogP contribution is -2.54. The van der Waals surface area contributed by atoms with Crippen molar-refractivity contribution in [3.05, 3.63) is 0 Å². The summed E-state index contributed by atoms with van der Waals surface area (Å²) < 4.78 is 12.3. The first kappa shape index (κ1) is 24.3. The second kappa shape index (κ2) is 9.82. The van der Waals surface area contributed by atoms with Gasteiger partial charge in [0.05, 0.1) is 0 Å². The van der Waals surface area contributed by atoms with Crippen LogP contribution in [0.25, 0.3) is 0 Å². The fourth-order valence-electron chi connectivity index (χ4n) is 6.73. The molecule has 4 fully saturated rings. The van der Waals surface area contributed by atoms with Gasteiger partial charge in [-0.2, -0.15) is 23.5 Å². The maximum Gasteiger partial charge on any atom is 0.304 e. The fourth-order valence-corrected chi connectivity index (χ4v) is 10.3. The molecule has 4 aliphatic rings. The van der Waals surface area contributed by atoms with Crippen molar-refractivity contribution in [3.8, 4) is 11.8 Å². The summed E-state index contributed by atoms with van der Waals surface area (Å²) in [6, 6.07) is 0. The Hall–Kier alpha value is -0.800. The highest BCUT2D eigenvalue weighted by Gasteiger charge is 2.54. The van der Waals surface area contributed by atoms with Crippen molar-refractivity contribution in [1.82, 2.24) is 0 Å². The molecule has 2 aliphatic heterocycles. The Bertz CT molecular complexity index is 726. The minimum atomic E-state index is -0.771. The lowest BCUT2D eigenvalue weighted by molar-refractivity contribution is -0.160. The van der Waals surface area contributed by atoms with Gasteiger partial charge < -0.3 is 9.47 Å². The number of rotatable bonds is 2. The molecule has 0 N–H and O–H groups in total. The molecule has 32 heavy (non-hydrogen) atoms. The average Bonchev–Trinajstić information content (AvgIpc) is 2.71.